The van der Waals surface area contributed by atoms with Crippen LogP contribution in [0.1, 0.15) is 22.8 Å². The molecule has 0 bridgehead atoms. The highest BCUT2D eigenvalue weighted by Crippen LogP contribution is 2.19. The lowest BCUT2D eigenvalue weighted by molar-refractivity contribution is -0.114. The summed E-state index contributed by atoms with van der Waals surface area (Å²) >= 11 is 0. The molecule has 142 valence electrons. The van der Waals surface area contributed by atoms with E-state index in [1.54, 1.807) is 12.1 Å². The number of hydrogen-bond acceptors (Lipinski definition) is 4. The minimum Gasteiger partial charge on any atom is -0.352 e. The Morgan fingerprint density at radius 1 is 0.929 bits per heavy atom. The van der Waals surface area contributed by atoms with Crippen molar-refractivity contribution in [1.29, 1.82) is 0 Å². The number of anilines is 3. The van der Waals surface area contributed by atoms with Crippen LogP contribution in [-0.4, -0.2) is 23.3 Å². The van der Waals surface area contributed by atoms with E-state index >= 15 is 0 Å². The fraction of sp³-hybridized carbons (Fsp3) is 0.136. The highest BCUT2D eigenvalue weighted by atomic mass is 16.2. The molecule has 1 heterocycles. The van der Waals surface area contributed by atoms with Gasteiger partial charge in [0.05, 0.1) is 5.56 Å². The van der Waals surface area contributed by atoms with E-state index in [1.165, 1.54) is 18.7 Å². The summed E-state index contributed by atoms with van der Waals surface area (Å²) in [6, 6.07) is 20.8. The van der Waals surface area contributed by atoms with Crippen LogP contribution in [0.3, 0.4) is 0 Å². The van der Waals surface area contributed by atoms with Crippen molar-refractivity contribution in [3.8, 4) is 0 Å². The molecular weight excluding hydrogens is 352 g/mol. The van der Waals surface area contributed by atoms with Gasteiger partial charge in [-0.15, -0.1) is 0 Å². The van der Waals surface area contributed by atoms with Gasteiger partial charge in [-0.3, -0.25) is 9.59 Å². The molecule has 28 heavy (non-hydrogen) atoms. The third-order valence-corrected chi connectivity index (χ3v) is 4.02. The molecule has 0 saturated carbocycles. The third-order valence-electron chi connectivity index (χ3n) is 4.02. The second kappa shape index (κ2) is 9.32. The Labute approximate surface area is 164 Å². The van der Waals surface area contributed by atoms with Gasteiger partial charge < -0.3 is 16.0 Å². The van der Waals surface area contributed by atoms with Gasteiger partial charge in [0.1, 0.15) is 5.82 Å². The van der Waals surface area contributed by atoms with Crippen molar-refractivity contribution in [3.63, 3.8) is 0 Å². The summed E-state index contributed by atoms with van der Waals surface area (Å²) in [5.41, 5.74) is 3.18. The van der Waals surface area contributed by atoms with Crippen molar-refractivity contribution in [2.75, 3.05) is 17.2 Å². The molecular formula is C22H22N4O2. The Kier molecular flexibility index (Phi) is 6.36. The second-order valence-electron chi connectivity index (χ2n) is 6.31. The molecule has 0 fully saturated rings. The summed E-state index contributed by atoms with van der Waals surface area (Å²) in [5.74, 6) is 0.335. The first kappa shape index (κ1) is 19.1. The summed E-state index contributed by atoms with van der Waals surface area (Å²) in [6.07, 6.45) is 2.32. The van der Waals surface area contributed by atoms with E-state index in [-0.39, 0.29) is 11.8 Å². The highest BCUT2D eigenvalue weighted by molar-refractivity contribution is 5.94. The zero-order valence-corrected chi connectivity index (χ0v) is 15.6. The lowest BCUT2D eigenvalue weighted by Crippen LogP contribution is -2.25. The highest BCUT2D eigenvalue weighted by Gasteiger charge is 2.06. The van der Waals surface area contributed by atoms with Crippen LogP contribution in [0.2, 0.25) is 0 Å². The number of nitrogens with one attached hydrogen (secondary N) is 3. The molecule has 2 amide bonds. The van der Waals surface area contributed by atoms with Crippen LogP contribution in [-0.2, 0) is 11.2 Å². The van der Waals surface area contributed by atoms with Gasteiger partial charge in [-0.2, -0.15) is 0 Å². The van der Waals surface area contributed by atoms with Gasteiger partial charge in [0.2, 0.25) is 5.91 Å². The standard InChI is InChI=1S/C22H22N4O2/c1-16(27)25-19-8-5-9-20(14-19)26-21-11-10-18(15-24-21)22(28)23-13-12-17-6-3-2-4-7-17/h2-11,14-15H,12-13H2,1H3,(H,23,28)(H,24,26)(H,25,27). The number of pyridine rings is 1. The molecule has 0 unspecified atom stereocenters. The lowest BCUT2D eigenvalue weighted by atomic mass is 10.1. The maximum Gasteiger partial charge on any atom is 0.252 e. The molecule has 6 heteroatoms. The van der Waals surface area contributed by atoms with Gasteiger partial charge in [-0.25, -0.2) is 4.98 Å². The second-order valence-corrected chi connectivity index (χ2v) is 6.31. The average molecular weight is 374 g/mol. The maximum atomic E-state index is 12.2. The molecule has 0 radical (unpaired) electrons. The molecule has 0 saturated heterocycles. The topological polar surface area (TPSA) is 83.1 Å². The molecule has 0 spiro atoms. The third kappa shape index (κ3) is 5.67. The number of rotatable bonds is 7. The van der Waals surface area contributed by atoms with Crippen molar-refractivity contribution in [3.05, 3.63) is 84.1 Å². The number of carbonyl (C=O) groups excluding carboxylic acids is 2. The first-order chi connectivity index (χ1) is 13.6. The summed E-state index contributed by atoms with van der Waals surface area (Å²) in [5, 5.41) is 8.79. The summed E-state index contributed by atoms with van der Waals surface area (Å²) in [7, 11) is 0. The van der Waals surface area contributed by atoms with Crippen LogP contribution < -0.4 is 16.0 Å². The number of amides is 2. The monoisotopic (exact) mass is 374 g/mol. The van der Waals surface area contributed by atoms with E-state index < -0.39 is 0 Å². The average Bonchev–Trinajstić information content (AvgIpc) is 2.69. The van der Waals surface area contributed by atoms with Crippen LogP contribution in [0.4, 0.5) is 17.2 Å². The van der Waals surface area contributed by atoms with E-state index in [1.807, 2.05) is 54.6 Å². The Bertz CT molecular complexity index is 940. The molecule has 3 N–H and O–H groups in total. The molecule has 0 aliphatic carbocycles. The first-order valence-corrected chi connectivity index (χ1v) is 9.03. The predicted octanol–water partition coefficient (Wildman–Crippen LogP) is 3.76. The Morgan fingerprint density at radius 3 is 2.43 bits per heavy atom. The van der Waals surface area contributed by atoms with Crippen molar-refractivity contribution in [1.82, 2.24) is 10.3 Å². The fourth-order valence-corrected chi connectivity index (χ4v) is 2.70. The van der Waals surface area contributed by atoms with E-state index in [0.29, 0.717) is 23.6 Å². The summed E-state index contributed by atoms with van der Waals surface area (Å²) < 4.78 is 0. The molecule has 3 rings (SSSR count). The number of benzene rings is 2. The Morgan fingerprint density at radius 2 is 1.71 bits per heavy atom. The van der Waals surface area contributed by atoms with Gasteiger partial charge in [0, 0.05) is 31.0 Å². The van der Waals surface area contributed by atoms with Crippen LogP contribution >= 0.6 is 0 Å². The maximum absolute atomic E-state index is 12.2. The van der Waals surface area contributed by atoms with Crippen LogP contribution in [0.5, 0.6) is 0 Å². The zero-order valence-electron chi connectivity index (χ0n) is 15.6. The van der Waals surface area contributed by atoms with Crippen LogP contribution in [0, 0.1) is 0 Å². The molecule has 3 aromatic rings. The van der Waals surface area contributed by atoms with Crippen molar-refractivity contribution in [2.45, 2.75) is 13.3 Å². The minimum atomic E-state index is -0.150. The molecule has 0 atom stereocenters. The lowest BCUT2D eigenvalue weighted by Gasteiger charge is -2.09. The van der Waals surface area contributed by atoms with Crippen molar-refractivity contribution >= 4 is 29.0 Å². The van der Waals surface area contributed by atoms with Crippen LogP contribution in [0.25, 0.3) is 0 Å². The van der Waals surface area contributed by atoms with E-state index in [0.717, 1.165) is 12.1 Å². The first-order valence-electron chi connectivity index (χ1n) is 9.03. The van der Waals surface area contributed by atoms with Gasteiger partial charge in [-0.1, -0.05) is 36.4 Å². The summed E-state index contributed by atoms with van der Waals surface area (Å²) in [6.45, 7) is 2.03. The van der Waals surface area contributed by atoms with Crippen molar-refractivity contribution < 1.29 is 9.59 Å². The molecule has 2 aromatic carbocycles. The number of carbonyl (C=O) groups is 2. The van der Waals surface area contributed by atoms with Crippen molar-refractivity contribution in [2.24, 2.45) is 0 Å². The zero-order chi connectivity index (χ0) is 19.8. The fourth-order valence-electron chi connectivity index (χ4n) is 2.70. The van der Waals surface area contributed by atoms with E-state index in [9.17, 15) is 9.59 Å². The largest absolute Gasteiger partial charge is 0.352 e. The number of hydrogen-bond donors (Lipinski definition) is 3. The smallest absolute Gasteiger partial charge is 0.252 e. The molecule has 1 aromatic heterocycles. The van der Waals surface area contributed by atoms with Gasteiger partial charge in [0.25, 0.3) is 5.91 Å². The van der Waals surface area contributed by atoms with E-state index in [2.05, 4.69) is 20.9 Å². The predicted molar refractivity (Wildman–Crippen MR) is 111 cm³/mol. The minimum absolute atomic E-state index is 0.127. The van der Waals surface area contributed by atoms with Crippen LogP contribution in [0.15, 0.2) is 72.9 Å². The Balaban J connectivity index is 1.54. The SMILES string of the molecule is CC(=O)Nc1cccc(Nc2ccc(C(=O)NCCc3ccccc3)cn2)c1. The van der Waals surface area contributed by atoms with Gasteiger partial charge in [0.15, 0.2) is 0 Å². The Hall–Kier alpha value is -3.67. The quantitative estimate of drug-likeness (QED) is 0.588. The number of nitrogens with zero attached hydrogens (tertiary/aromatic N) is 1. The summed E-state index contributed by atoms with van der Waals surface area (Å²) in [4.78, 5) is 27.7. The van der Waals surface area contributed by atoms with Gasteiger partial charge in [-0.05, 0) is 42.3 Å². The number of aromatic nitrogens is 1. The normalized spacial score (nSPS) is 10.2. The molecule has 0 aliphatic heterocycles. The molecule has 0 aliphatic rings. The van der Waals surface area contributed by atoms with Gasteiger partial charge >= 0.3 is 0 Å². The molecule has 6 nitrogen and oxygen atoms in total. The van der Waals surface area contributed by atoms with E-state index in [4.69, 9.17) is 0 Å².